The minimum Gasteiger partial charge on any atom is -0.356 e. The normalized spacial score (nSPS) is 15.3. The summed E-state index contributed by atoms with van der Waals surface area (Å²) in [6.07, 6.45) is 8.51. The lowest BCUT2D eigenvalue weighted by Crippen LogP contribution is -2.36. The molecule has 0 aromatic carbocycles. The van der Waals surface area contributed by atoms with E-state index in [1.165, 1.54) is 32.1 Å². The summed E-state index contributed by atoms with van der Waals surface area (Å²) in [5.74, 6) is 0.157. The number of halogens is 2. The van der Waals surface area contributed by atoms with Crippen molar-refractivity contribution in [2.75, 3.05) is 33.7 Å². The highest BCUT2D eigenvalue weighted by Gasteiger charge is 2.17. The number of hydrogen-bond donors (Lipinski definition) is 2. The number of amides is 1. The van der Waals surface area contributed by atoms with Crippen molar-refractivity contribution in [2.24, 2.45) is 0 Å². The van der Waals surface area contributed by atoms with Crippen LogP contribution in [-0.4, -0.2) is 50.6 Å². The molecule has 2 N–H and O–H groups in total. The van der Waals surface area contributed by atoms with Gasteiger partial charge in [0.2, 0.25) is 5.91 Å². The van der Waals surface area contributed by atoms with E-state index < -0.39 is 0 Å². The molecule has 0 aromatic rings. The molecular weight excluding hydrogens is 297 g/mol. The molecule has 1 saturated carbocycles. The Morgan fingerprint density at radius 2 is 1.80 bits per heavy atom. The Hall–Kier alpha value is -0.0300. The summed E-state index contributed by atoms with van der Waals surface area (Å²) < 4.78 is 0. The molecule has 0 saturated heterocycles. The smallest absolute Gasteiger partial charge is 0.221 e. The van der Waals surface area contributed by atoms with Crippen LogP contribution >= 0.6 is 24.8 Å². The van der Waals surface area contributed by atoms with Gasteiger partial charge in [0.1, 0.15) is 0 Å². The predicted molar refractivity (Wildman–Crippen MR) is 90.2 cm³/mol. The molecule has 0 heterocycles. The van der Waals surface area contributed by atoms with Crippen LogP contribution < -0.4 is 10.6 Å². The first kappa shape index (κ1) is 22.3. The Bertz CT molecular complexity index is 236. The van der Waals surface area contributed by atoms with Crippen molar-refractivity contribution < 1.29 is 4.79 Å². The summed E-state index contributed by atoms with van der Waals surface area (Å²) in [6, 6.07) is 0.777. The molecule has 0 spiro atoms. The Labute approximate surface area is 136 Å². The van der Waals surface area contributed by atoms with Gasteiger partial charge in [-0.05, 0) is 39.9 Å². The maximum atomic E-state index is 11.4. The van der Waals surface area contributed by atoms with Gasteiger partial charge in [-0.3, -0.25) is 4.79 Å². The quantitative estimate of drug-likeness (QED) is 0.672. The topological polar surface area (TPSA) is 44.4 Å². The third kappa shape index (κ3) is 9.81. The van der Waals surface area contributed by atoms with Crippen molar-refractivity contribution in [3.8, 4) is 0 Å². The van der Waals surface area contributed by atoms with Gasteiger partial charge in [-0.25, -0.2) is 0 Å². The summed E-state index contributed by atoms with van der Waals surface area (Å²) in [6.45, 7) is 2.66. The molecule has 4 nitrogen and oxygen atoms in total. The van der Waals surface area contributed by atoms with E-state index in [9.17, 15) is 4.79 Å². The number of rotatable bonds is 8. The molecule has 0 bridgehead atoms. The molecule has 20 heavy (non-hydrogen) atoms. The van der Waals surface area contributed by atoms with Crippen molar-refractivity contribution in [1.29, 1.82) is 0 Å². The third-order valence-corrected chi connectivity index (χ3v) is 3.81. The minimum absolute atomic E-state index is 0. The van der Waals surface area contributed by atoms with Crippen LogP contribution in [0.5, 0.6) is 0 Å². The van der Waals surface area contributed by atoms with Gasteiger partial charge in [-0.15, -0.1) is 24.8 Å². The monoisotopic (exact) mass is 327 g/mol. The first-order chi connectivity index (χ1) is 8.74. The van der Waals surface area contributed by atoms with Crippen LogP contribution in [0.1, 0.15) is 44.9 Å². The summed E-state index contributed by atoms with van der Waals surface area (Å²) in [5, 5.41) is 5.95. The second-order valence-corrected chi connectivity index (χ2v) is 5.33. The summed E-state index contributed by atoms with van der Waals surface area (Å²) >= 11 is 0. The summed E-state index contributed by atoms with van der Waals surface area (Å²) in [5.41, 5.74) is 0. The van der Waals surface area contributed by atoms with Crippen LogP contribution in [0.15, 0.2) is 0 Å². The molecular formula is C14H31Cl2N3O. The summed E-state index contributed by atoms with van der Waals surface area (Å²) in [4.78, 5) is 13.9. The number of carbonyl (C=O) groups is 1. The highest BCUT2D eigenvalue weighted by atomic mass is 35.5. The van der Waals surface area contributed by atoms with Gasteiger partial charge in [-0.1, -0.05) is 19.3 Å². The minimum atomic E-state index is 0. The van der Waals surface area contributed by atoms with Crippen LogP contribution in [0.4, 0.5) is 0 Å². The zero-order valence-electron chi connectivity index (χ0n) is 12.8. The van der Waals surface area contributed by atoms with Gasteiger partial charge < -0.3 is 15.5 Å². The number of nitrogens with zero attached hydrogens (tertiary/aromatic N) is 1. The molecule has 1 rings (SSSR count). The molecule has 0 atom stereocenters. The van der Waals surface area contributed by atoms with Crippen molar-refractivity contribution in [3.05, 3.63) is 0 Å². The third-order valence-electron chi connectivity index (χ3n) is 3.81. The average Bonchev–Trinajstić information content (AvgIpc) is 2.42. The number of carbonyl (C=O) groups excluding carboxylic acids is 1. The molecule has 1 aliphatic carbocycles. The van der Waals surface area contributed by atoms with E-state index in [0.717, 1.165) is 32.1 Å². The highest BCUT2D eigenvalue weighted by molar-refractivity contribution is 5.85. The molecule has 1 fully saturated rings. The lowest BCUT2D eigenvalue weighted by molar-refractivity contribution is -0.121. The zero-order chi connectivity index (χ0) is 13.2. The van der Waals surface area contributed by atoms with Crippen molar-refractivity contribution in [1.82, 2.24) is 15.5 Å². The van der Waals surface area contributed by atoms with Crippen LogP contribution in [0.2, 0.25) is 0 Å². The van der Waals surface area contributed by atoms with Crippen molar-refractivity contribution in [2.45, 2.75) is 51.0 Å². The lowest BCUT2D eigenvalue weighted by atomic mass is 9.94. The molecule has 6 heteroatoms. The van der Waals surface area contributed by atoms with E-state index in [0.29, 0.717) is 6.42 Å². The Kier molecular flexibility index (Phi) is 15.5. The van der Waals surface area contributed by atoms with Crippen molar-refractivity contribution in [3.63, 3.8) is 0 Å². The SMILES string of the molecule is CNCCC(=O)NCCCN(C)C1CCCCC1.Cl.Cl. The number of nitrogens with one attached hydrogen (secondary N) is 2. The first-order valence-electron chi connectivity index (χ1n) is 7.35. The first-order valence-corrected chi connectivity index (χ1v) is 7.35. The maximum absolute atomic E-state index is 11.4. The van der Waals surface area contributed by atoms with Gasteiger partial charge in [0.15, 0.2) is 0 Å². The molecule has 0 radical (unpaired) electrons. The number of hydrogen-bond acceptors (Lipinski definition) is 3. The van der Waals surface area contributed by atoms with Gasteiger partial charge in [0.25, 0.3) is 0 Å². The molecule has 0 unspecified atom stereocenters. The second-order valence-electron chi connectivity index (χ2n) is 5.33. The van der Waals surface area contributed by atoms with Gasteiger partial charge >= 0.3 is 0 Å². The molecule has 1 aliphatic rings. The molecule has 0 aliphatic heterocycles. The van der Waals surface area contributed by atoms with Crippen LogP contribution in [0.25, 0.3) is 0 Å². The lowest BCUT2D eigenvalue weighted by Gasteiger charge is -2.31. The molecule has 122 valence electrons. The Morgan fingerprint density at radius 1 is 1.15 bits per heavy atom. The average molecular weight is 328 g/mol. The predicted octanol–water partition coefficient (Wildman–Crippen LogP) is 2.21. The van der Waals surface area contributed by atoms with E-state index in [1.54, 1.807) is 0 Å². The fraction of sp³-hybridized carbons (Fsp3) is 0.929. The van der Waals surface area contributed by atoms with E-state index in [1.807, 2.05) is 7.05 Å². The molecule has 0 aromatic heterocycles. The van der Waals surface area contributed by atoms with Crippen LogP contribution in [0, 0.1) is 0 Å². The Morgan fingerprint density at radius 3 is 2.40 bits per heavy atom. The highest BCUT2D eigenvalue weighted by Crippen LogP contribution is 2.21. The van der Waals surface area contributed by atoms with E-state index in [4.69, 9.17) is 0 Å². The van der Waals surface area contributed by atoms with E-state index >= 15 is 0 Å². The second kappa shape index (κ2) is 13.9. The fourth-order valence-electron chi connectivity index (χ4n) is 2.59. The van der Waals surface area contributed by atoms with Gasteiger partial charge in [-0.2, -0.15) is 0 Å². The Balaban J connectivity index is 0. The maximum Gasteiger partial charge on any atom is 0.221 e. The standard InChI is InChI=1S/C14H29N3O.2ClH/c1-15-11-9-14(18)16-10-6-12-17(2)13-7-4-3-5-8-13;;/h13,15H,3-12H2,1-2H3,(H,16,18);2*1H. The zero-order valence-corrected chi connectivity index (χ0v) is 14.5. The largest absolute Gasteiger partial charge is 0.356 e. The molecule has 1 amide bonds. The van der Waals surface area contributed by atoms with Crippen molar-refractivity contribution >= 4 is 30.7 Å². The van der Waals surface area contributed by atoms with Crippen LogP contribution in [-0.2, 0) is 4.79 Å². The van der Waals surface area contributed by atoms with E-state index in [2.05, 4.69) is 22.6 Å². The van der Waals surface area contributed by atoms with Gasteiger partial charge in [0.05, 0.1) is 0 Å². The van der Waals surface area contributed by atoms with E-state index in [-0.39, 0.29) is 30.7 Å². The summed E-state index contributed by atoms with van der Waals surface area (Å²) in [7, 11) is 4.09. The van der Waals surface area contributed by atoms with Crippen LogP contribution in [0.3, 0.4) is 0 Å². The van der Waals surface area contributed by atoms with Gasteiger partial charge in [0, 0.05) is 25.6 Å². The fourth-order valence-corrected chi connectivity index (χ4v) is 2.59.